The summed E-state index contributed by atoms with van der Waals surface area (Å²) in [4.78, 5) is 35.0. The predicted octanol–water partition coefficient (Wildman–Crippen LogP) is 12.3. The average molecular weight is 686 g/mol. The summed E-state index contributed by atoms with van der Waals surface area (Å²) in [6.07, 6.45) is 48.0. The lowest BCUT2D eigenvalue weighted by atomic mass is 10.0. The molecular formula is C43H75NO5. The lowest BCUT2D eigenvalue weighted by Gasteiger charge is -2.18. The Balaban J connectivity index is 4.29. The van der Waals surface area contributed by atoms with Gasteiger partial charge in [0.1, 0.15) is 12.6 Å². The fourth-order valence-corrected chi connectivity index (χ4v) is 5.80. The smallest absolute Gasteiger partial charge is 0.322 e. The lowest BCUT2D eigenvalue weighted by molar-refractivity contribution is -0.150. The van der Waals surface area contributed by atoms with E-state index in [1.807, 2.05) is 0 Å². The van der Waals surface area contributed by atoms with Crippen molar-refractivity contribution < 1.29 is 24.2 Å². The van der Waals surface area contributed by atoms with Gasteiger partial charge in [-0.25, -0.2) is 0 Å². The first kappa shape index (κ1) is 46.4. The molecule has 1 amide bonds. The Bertz CT molecular complexity index is 891. The largest absolute Gasteiger partial charge is 0.480 e. The first-order valence-corrected chi connectivity index (χ1v) is 20.3. The zero-order valence-corrected chi connectivity index (χ0v) is 31.8. The van der Waals surface area contributed by atoms with Gasteiger partial charge in [-0.3, -0.25) is 14.4 Å². The standard InChI is InChI=1S/C43H75NO5/c1-3-5-7-9-11-13-15-17-18-19-20-22-24-27-31-35-40(36-32-28-26-29-33-37-41(45)44-39-42(46)47)49-43(48)38-34-30-25-23-21-16-14-12-10-8-6-4-2/h5,7,11,13,17-18,20,22,40H,3-4,6,8-10,12,14-16,19,21,23-39H2,1-2H3,(H,44,45)(H,46,47)/b7-5-,13-11-,18-17-,22-20-. The van der Waals surface area contributed by atoms with Crippen molar-refractivity contribution in [1.82, 2.24) is 5.32 Å². The third-order valence-corrected chi connectivity index (χ3v) is 8.77. The first-order chi connectivity index (χ1) is 24.0. The quantitative estimate of drug-likeness (QED) is 0.0389. The summed E-state index contributed by atoms with van der Waals surface area (Å²) in [5.41, 5.74) is 0. The molecule has 0 saturated heterocycles. The minimum atomic E-state index is -1.02. The number of allylic oxidation sites excluding steroid dienone is 8. The van der Waals surface area contributed by atoms with Crippen LogP contribution in [0.4, 0.5) is 0 Å². The number of hydrogen-bond acceptors (Lipinski definition) is 4. The first-order valence-electron chi connectivity index (χ1n) is 20.3. The molecule has 0 saturated carbocycles. The van der Waals surface area contributed by atoms with Crippen LogP contribution in [0.1, 0.15) is 194 Å². The molecule has 6 nitrogen and oxygen atoms in total. The van der Waals surface area contributed by atoms with E-state index in [2.05, 4.69) is 67.8 Å². The number of unbranched alkanes of at least 4 members (excludes halogenated alkanes) is 17. The highest BCUT2D eigenvalue weighted by Crippen LogP contribution is 2.18. The van der Waals surface area contributed by atoms with Crippen LogP contribution in [0.2, 0.25) is 0 Å². The minimum absolute atomic E-state index is 0.0101. The average Bonchev–Trinajstić information content (AvgIpc) is 3.08. The minimum Gasteiger partial charge on any atom is -0.480 e. The molecule has 0 bridgehead atoms. The maximum absolute atomic E-state index is 12.7. The van der Waals surface area contributed by atoms with Crippen LogP contribution in [-0.2, 0) is 19.1 Å². The Morgan fingerprint density at radius 3 is 1.53 bits per heavy atom. The van der Waals surface area contributed by atoms with Crippen LogP contribution in [-0.4, -0.2) is 35.6 Å². The topological polar surface area (TPSA) is 92.7 Å². The van der Waals surface area contributed by atoms with Crippen LogP contribution in [0, 0.1) is 0 Å². The van der Waals surface area contributed by atoms with Crippen molar-refractivity contribution >= 4 is 17.8 Å². The van der Waals surface area contributed by atoms with E-state index in [9.17, 15) is 14.4 Å². The number of nitrogens with one attached hydrogen (secondary N) is 1. The molecule has 0 aliphatic carbocycles. The molecule has 49 heavy (non-hydrogen) atoms. The van der Waals surface area contributed by atoms with Crippen molar-refractivity contribution in [2.45, 2.75) is 200 Å². The van der Waals surface area contributed by atoms with Crippen molar-refractivity contribution in [2.75, 3.05) is 6.54 Å². The van der Waals surface area contributed by atoms with Gasteiger partial charge in [-0.05, 0) is 77.0 Å². The number of carboxylic acids is 1. The summed E-state index contributed by atoms with van der Waals surface area (Å²) in [6.45, 7) is 4.10. The van der Waals surface area contributed by atoms with Crippen LogP contribution in [0.5, 0.6) is 0 Å². The molecule has 0 aliphatic rings. The highest BCUT2D eigenvalue weighted by Gasteiger charge is 2.14. The van der Waals surface area contributed by atoms with Crippen molar-refractivity contribution in [3.8, 4) is 0 Å². The number of ether oxygens (including phenoxy) is 1. The van der Waals surface area contributed by atoms with Crippen LogP contribution in [0.15, 0.2) is 48.6 Å². The molecule has 0 radical (unpaired) electrons. The molecule has 0 fully saturated rings. The molecule has 0 aromatic heterocycles. The van der Waals surface area contributed by atoms with E-state index < -0.39 is 5.97 Å². The van der Waals surface area contributed by atoms with E-state index in [0.717, 1.165) is 103 Å². The number of carbonyl (C=O) groups excluding carboxylic acids is 2. The third kappa shape index (κ3) is 38.0. The third-order valence-electron chi connectivity index (χ3n) is 8.77. The van der Waals surface area contributed by atoms with E-state index in [4.69, 9.17) is 9.84 Å². The number of aliphatic carboxylic acids is 1. The number of esters is 1. The summed E-state index contributed by atoms with van der Waals surface area (Å²) >= 11 is 0. The maximum atomic E-state index is 12.7. The van der Waals surface area contributed by atoms with Gasteiger partial charge in [0.2, 0.25) is 5.91 Å². The van der Waals surface area contributed by atoms with Gasteiger partial charge < -0.3 is 15.2 Å². The van der Waals surface area contributed by atoms with Gasteiger partial charge in [-0.2, -0.15) is 0 Å². The maximum Gasteiger partial charge on any atom is 0.322 e. The highest BCUT2D eigenvalue weighted by atomic mass is 16.5. The molecule has 0 aromatic carbocycles. The fraction of sp³-hybridized carbons (Fsp3) is 0.744. The van der Waals surface area contributed by atoms with E-state index in [1.165, 1.54) is 64.2 Å². The van der Waals surface area contributed by atoms with Crippen molar-refractivity contribution in [3.63, 3.8) is 0 Å². The summed E-state index contributed by atoms with van der Waals surface area (Å²) in [5.74, 6) is -1.26. The van der Waals surface area contributed by atoms with Crippen LogP contribution in [0.25, 0.3) is 0 Å². The Kier molecular flexibility index (Phi) is 36.1. The fourth-order valence-electron chi connectivity index (χ4n) is 5.80. The van der Waals surface area contributed by atoms with E-state index in [-0.39, 0.29) is 24.5 Å². The summed E-state index contributed by atoms with van der Waals surface area (Å²) in [6, 6.07) is 0. The Hall–Kier alpha value is -2.63. The molecular weight excluding hydrogens is 610 g/mol. The Morgan fingerprint density at radius 2 is 1.00 bits per heavy atom. The molecule has 6 heteroatoms. The normalized spacial score (nSPS) is 12.5. The second kappa shape index (κ2) is 38.2. The van der Waals surface area contributed by atoms with Gasteiger partial charge in [0.05, 0.1) is 0 Å². The van der Waals surface area contributed by atoms with E-state index >= 15 is 0 Å². The highest BCUT2D eigenvalue weighted by molar-refractivity contribution is 5.80. The molecule has 0 aliphatic heterocycles. The Labute approximate surface area is 301 Å². The molecule has 282 valence electrons. The second-order valence-electron chi connectivity index (χ2n) is 13.5. The van der Waals surface area contributed by atoms with Crippen LogP contribution >= 0.6 is 0 Å². The van der Waals surface area contributed by atoms with Crippen LogP contribution < -0.4 is 5.32 Å². The van der Waals surface area contributed by atoms with Crippen molar-refractivity contribution in [2.24, 2.45) is 0 Å². The zero-order chi connectivity index (χ0) is 35.9. The van der Waals surface area contributed by atoms with Crippen LogP contribution in [0.3, 0.4) is 0 Å². The number of carboxylic acid groups (broad SMARTS) is 1. The van der Waals surface area contributed by atoms with Gasteiger partial charge in [-0.1, -0.05) is 152 Å². The molecule has 0 spiro atoms. The van der Waals surface area contributed by atoms with E-state index in [1.54, 1.807) is 0 Å². The monoisotopic (exact) mass is 686 g/mol. The van der Waals surface area contributed by atoms with Gasteiger partial charge in [0.25, 0.3) is 0 Å². The molecule has 1 atom stereocenters. The molecule has 1 unspecified atom stereocenters. The lowest BCUT2D eigenvalue weighted by Crippen LogP contribution is -2.28. The van der Waals surface area contributed by atoms with Gasteiger partial charge >= 0.3 is 11.9 Å². The summed E-state index contributed by atoms with van der Waals surface area (Å²) in [7, 11) is 0. The number of carbonyl (C=O) groups is 3. The van der Waals surface area contributed by atoms with Crippen molar-refractivity contribution in [1.29, 1.82) is 0 Å². The second-order valence-corrected chi connectivity index (χ2v) is 13.5. The van der Waals surface area contributed by atoms with Gasteiger partial charge in [-0.15, -0.1) is 0 Å². The molecule has 0 heterocycles. The van der Waals surface area contributed by atoms with Gasteiger partial charge in [0.15, 0.2) is 0 Å². The predicted molar refractivity (Wildman–Crippen MR) is 208 cm³/mol. The number of rotatable bonds is 36. The van der Waals surface area contributed by atoms with Gasteiger partial charge in [0, 0.05) is 12.8 Å². The molecule has 2 N–H and O–H groups in total. The zero-order valence-electron chi connectivity index (χ0n) is 31.8. The summed E-state index contributed by atoms with van der Waals surface area (Å²) < 4.78 is 6.00. The number of hydrogen-bond donors (Lipinski definition) is 2. The number of amides is 1. The van der Waals surface area contributed by atoms with E-state index in [0.29, 0.717) is 12.8 Å². The summed E-state index contributed by atoms with van der Waals surface area (Å²) in [5, 5.41) is 11.1. The molecule has 0 rings (SSSR count). The Morgan fingerprint density at radius 1 is 0.551 bits per heavy atom. The molecule has 0 aromatic rings. The van der Waals surface area contributed by atoms with Crippen molar-refractivity contribution in [3.05, 3.63) is 48.6 Å². The SMILES string of the molecule is CC/C=C\C/C=C\C/C=C\C/C=C\CCCCC(CCCCCCCC(=O)NCC(=O)O)OC(=O)CCCCCCCCCCCCCC.